The van der Waals surface area contributed by atoms with Gasteiger partial charge < -0.3 is 10.8 Å². The van der Waals surface area contributed by atoms with E-state index in [0.29, 0.717) is 6.42 Å². The molecule has 0 spiro atoms. The van der Waals surface area contributed by atoms with E-state index in [4.69, 9.17) is 10.8 Å². The van der Waals surface area contributed by atoms with Crippen LogP contribution in [0.1, 0.15) is 5.56 Å². The maximum atomic E-state index is 10.4. The summed E-state index contributed by atoms with van der Waals surface area (Å²) in [4.78, 5) is 19.6. The molecule has 1 aromatic rings. The van der Waals surface area contributed by atoms with E-state index >= 15 is 0 Å². The molecule has 0 atom stereocenters. The van der Waals surface area contributed by atoms with Crippen molar-refractivity contribution < 1.29 is 14.7 Å². The Hall–Kier alpha value is -2.10. The van der Waals surface area contributed by atoms with E-state index in [0.717, 1.165) is 11.6 Å². The SMILES string of the molecule is C=CC(=O)O.NC(=O)Cc1ccccc1. The second-order valence-corrected chi connectivity index (χ2v) is 2.67. The first kappa shape index (κ1) is 12.9. The topological polar surface area (TPSA) is 80.4 Å². The molecule has 15 heavy (non-hydrogen) atoms. The van der Waals surface area contributed by atoms with Crippen LogP contribution in [0.3, 0.4) is 0 Å². The lowest BCUT2D eigenvalue weighted by Gasteiger charge is -1.93. The van der Waals surface area contributed by atoms with Gasteiger partial charge in [-0.2, -0.15) is 0 Å². The van der Waals surface area contributed by atoms with Gasteiger partial charge in [0.2, 0.25) is 5.91 Å². The third-order valence-corrected chi connectivity index (χ3v) is 1.40. The maximum Gasteiger partial charge on any atom is 0.327 e. The van der Waals surface area contributed by atoms with Crippen LogP contribution in [0.25, 0.3) is 0 Å². The monoisotopic (exact) mass is 207 g/mol. The Morgan fingerprint density at radius 3 is 2.13 bits per heavy atom. The van der Waals surface area contributed by atoms with Crippen LogP contribution in [0.4, 0.5) is 0 Å². The van der Waals surface area contributed by atoms with E-state index in [1.807, 2.05) is 30.3 Å². The summed E-state index contributed by atoms with van der Waals surface area (Å²) in [5, 5.41) is 7.60. The minimum Gasteiger partial charge on any atom is -0.478 e. The average molecular weight is 207 g/mol. The molecule has 4 heteroatoms. The number of aliphatic carboxylic acids is 1. The van der Waals surface area contributed by atoms with Crippen molar-refractivity contribution in [3.63, 3.8) is 0 Å². The lowest BCUT2D eigenvalue weighted by atomic mass is 10.1. The van der Waals surface area contributed by atoms with Crippen molar-refractivity contribution in [3.05, 3.63) is 48.6 Å². The van der Waals surface area contributed by atoms with Gasteiger partial charge in [0.25, 0.3) is 0 Å². The predicted molar refractivity (Wildman–Crippen MR) is 57.2 cm³/mol. The Bertz CT molecular complexity index is 333. The summed E-state index contributed by atoms with van der Waals surface area (Å²) in [5.41, 5.74) is 5.95. The van der Waals surface area contributed by atoms with Crippen LogP contribution in [0.15, 0.2) is 43.0 Å². The Kier molecular flexibility index (Phi) is 6.29. The van der Waals surface area contributed by atoms with Crippen molar-refractivity contribution in [1.82, 2.24) is 0 Å². The van der Waals surface area contributed by atoms with Crippen molar-refractivity contribution in [2.45, 2.75) is 6.42 Å². The molecular weight excluding hydrogens is 194 g/mol. The lowest BCUT2D eigenvalue weighted by Crippen LogP contribution is -2.13. The molecule has 0 radical (unpaired) electrons. The van der Waals surface area contributed by atoms with E-state index in [2.05, 4.69) is 6.58 Å². The molecule has 0 aliphatic heterocycles. The quantitative estimate of drug-likeness (QED) is 0.725. The largest absolute Gasteiger partial charge is 0.478 e. The summed E-state index contributed by atoms with van der Waals surface area (Å²) >= 11 is 0. The number of amides is 1. The Morgan fingerprint density at radius 2 is 1.80 bits per heavy atom. The van der Waals surface area contributed by atoms with E-state index in [1.165, 1.54) is 0 Å². The van der Waals surface area contributed by atoms with Gasteiger partial charge in [-0.3, -0.25) is 4.79 Å². The molecule has 1 rings (SSSR count). The number of hydrogen-bond donors (Lipinski definition) is 2. The van der Waals surface area contributed by atoms with Crippen LogP contribution >= 0.6 is 0 Å². The number of nitrogens with two attached hydrogens (primary N) is 1. The zero-order valence-electron chi connectivity index (χ0n) is 8.22. The highest BCUT2D eigenvalue weighted by molar-refractivity contribution is 5.78. The van der Waals surface area contributed by atoms with Crippen molar-refractivity contribution >= 4 is 11.9 Å². The number of hydrogen-bond acceptors (Lipinski definition) is 2. The average Bonchev–Trinajstić information content (AvgIpc) is 2.19. The third-order valence-electron chi connectivity index (χ3n) is 1.40. The van der Waals surface area contributed by atoms with Gasteiger partial charge in [-0.1, -0.05) is 36.9 Å². The summed E-state index contributed by atoms with van der Waals surface area (Å²) in [6.45, 7) is 2.96. The van der Waals surface area contributed by atoms with Gasteiger partial charge >= 0.3 is 5.97 Å². The summed E-state index contributed by atoms with van der Waals surface area (Å²) in [6, 6.07) is 9.44. The minimum atomic E-state index is -0.981. The Labute approximate surface area is 88.0 Å². The van der Waals surface area contributed by atoms with Gasteiger partial charge in [0.1, 0.15) is 0 Å². The number of primary amides is 1. The van der Waals surface area contributed by atoms with E-state index < -0.39 is 5.97 Å². The smallest absolute Gasteiger partial charge is 0.327 e. The zero-order valence-corrected chi connectivity index (χ0v) is 8.22. The van der Waals surface area contributed by atoms with Crippen LogP contribution in [0.5, 0.6) is 0 Å². The van der Waals surface area contributed by atoms with Gasteiger partial charge in [0.15, 0.2) is 0 Å². The van der Waals surface area contributed by atoms with Gasteiger partial charge in [-0.25, -0.2) is 4.79 Å². The normalized spacial score (nSPS) is 8.27. The fourth-order valence-corrected chi connectivity index (χ4v) is 0.797. The molecule has 0 saturated carbocycles. The molecule has 0 aromatic heterocycles. The van der Waals surface area contributed by atoms with Crippen molar-refractivity contribution in [2.75, 3.05) is 0 Å². The fraction of sp³-hybridized carbons (Fsp3) is 0.0909. The molecule has 0 fully saturated rings. The van der Waals surface area contributed by atoms with Crippen LogP contribution in [0.2, 0.25) is 0 Å². The fourth-order valence-electron chi connectivity index (χ4n) is 0.797. The van der Waals surface area contributed by atoms with Crippen LogP contribution < -0.4 is 5.73 Å². The lowest BCUT2D eigenvalue weighted by molar-refractivity contribution is -0.131. The van der Waals surface area contributed by atoms with Crippen molar-refractivity contribution in [1.29, 1.82) is 0 Å². The number of carboxylic acid groups (broad SMARTS) is 1. The molecule has 4 nitrogen and oxygen atoms in total. The second kappa shape index (κ2) is 7.32. The highest BCUT2D eigenvalue weighted by atomic mass is 16.4. The van der Waals surface area contributed by atoms with E-state index in [9.17, 15) is 9.59 Å². The van der Waals surface area contributed by atoms with E-state index in [1.54, 1.807) is 0 Å². The second-order valence-electron chi connectivity index (χ2n) is 2.67. The number of carbonyl (C=O) groups is 2. The molecule has 0 heterocycles. The molecule has 1 aromatic carbocycles. The standard InChI is InChI=1S/C8H9NO.C3H4O2/c9-8(10)6-7-4-2-1-3-5-7;1-2-3(4)5/h1-5H,6H2,(H2,9,10);2H,1H2,(H,4,5). The molecular formula is C11H13NO3. The first-order chi connectivity index (χ1) is 7.06. The molecule has 3 N–H and O–H groups in total. The maximum absolute atomic E-state index is 10.4. The number of carboxylic acids is 1. The summed E-state index contributed by atoms with van der Waals surface area (Å²) in [6.07, 6.45) is 1.17. The number of rotatable bonds is 3. The molecule has 0 unspecified atom stereocenters. The molecule has 0 bridgehead atoms. The molecule has 80 valence electrons. The number of carbonyl (C=O) groups excluding carboxylic acids is 1. The first-order valence-electron chi connectivity index (χ1n) is 4.24. The van der Waals surface area contributed by atoms with Crippen LogP contribution in [0, 0.1) is 0 Å². The van der Waals surface area contributed by atoms with Crippen LogP contribution in [-0.2, 0) is 16.0 Å². The highest BCUT2D eigenvalue weighted by Gasteiger charge is 1.94. The predicted octanol–water partition coefficient (Wildman–Crippen LogP) is 0.971. The zero-order chi connectivity index (χ0) is 11.7. The van der Waals surface area contributed by atoms with Gasteiger partial charge in [-0.15, -0.1) is 0 Å². The minimum absolute atomic E-state index is 0.286. The first-order valence-corrected chi connectivity index (χ1v) is 4.24. The molecule has 0 aliphatic rings. The van der Waals surface area contributed by atoms with Gasteiger partial charge in [0.05, 0.1) is 6.42 Å². The Morgan fingerprint density at radius 1 is 1.33 bits per heavy atom. The summed E-state index contributed by atoms with van der Waals surface area (Å²) < 4.78 is 0. The van der Waals surface area contributed by atoms with Crippen LogP contribution in [-0.4, -0.2) is 17.0 Å². The molecule has 1 amide bonds. The van der Waals surface area contributed by atoms with E-state index in [-0.39, 0.29) is 5.91 Å². The highest BCUT2D eigenvalue weighted by Crippen LogP contribution is 1.97. The summed E-state index contributed by atoms with van der Waals surface area (Å²) in [7, 11) is 0. The van der Waals surface area contributed by atoms with Crippen molar-refractivity contribution in [3.8, 4) is 0 Å². The third kappa shape index (κ3) is 8.24. The molecule has 0 saturated heterocycles. The summed E-state index contributed by atoms with van der Waals surface area (Å²) in [5.74, 6) is -1.27. The van der Waals surface area contributed by atoms with Gasteiger partial charge in [-0.05, 0) is 5.56 Å². The Balaban J connectivity index is 0.000000336. The molecule has 0 aliphatic carbocycles. The van der Waals surface area contributed by atoms with Crippen molar-refractivity contribution in [2.24, 2.45) is 5.73 Å². The van der Waals surface area contributed by atoms with Gasteiger partial charge in [0, 0.05) is 6.08 Å². The number of benzene rings is 1.